The van der Waals surface area contributed by atoms with E-state index in [9.17, 15) is 14.0 Å². The van der Waals surface area contributed by atoms with Crippen molar-refractivity contribution in [1.29, 1.82) is 0 Å². The number of rotatable bonds is 15. The molecule has 0 spiro atoms. The Kier molecular flexibility index (Phi) is 19.6. The summed E-state index contributed by atoms with van der Waals surface area (Å²) in [6.45, 7) is 33.9. The molecule has 0 radical (unpaired) electrons. The summed E-state index contributed by atoms with van der Waals surface area (Å²) < 4.78 is 45.4. The molecule has 20 heteroatoms. The van der Waals surface area contributed by atoms with Crippen LogP contribution < -0.4 is 24.6 Å². The summed E-state index contributed by atoms with van der Waals surface area (Å²) in [6, 6.07) is 21.5. The minimum Gasteiger partial charge on any atom is -0.505 e. The molecule has 1 aliphatic heterocycles. The third-order valence-corrected chi connectivity index (χ3v) is 11.8. The molecule has 16 nitrogen and oxygen atoms in total. The maximum absolute atomic E-state index is 15.2. The van der Waals surface area contributed by atoms with Gasteiger partial charge < -0.3 is 29.4 Å². The van der Waals surface area contributed by atoms with E-state index < -0.39 is 34.5 Å². The van der Waals surface area contributed by atoms with Crippen LogP contribution in [0.2, 0.25) is 0 Å². The highest BCUT2D eigenvalue weighted by Crippen LogP contribution is 2.42. The van der Waals surface area contributed by atoms with Gasteiger partial charge in [-0.15, -0.1) is 0 Å². The van der Waals surface area contributed by atoms with Crippen LogP contribution in [0.1, 0.15) is 84.1 Å². The van der Waals surface area contributed by atoms with E-state index in [0.717, 1.165) is 54.9 Å². The number of nitrogens with one attached hydrogen (secondary N) is 2. The zero-order valence-corrected chi connectivity index (χ0v) is 44.8. The molecular weight excluding hydrogens is 997 g/mol. The lowest BCUT2D eigenvalue weighted by Crippen LogP contribution is -2.44. The molecule has 2 aromatic heterocycles. The van der Waals surface area contributed by atoms with Gasteiger partial charge in [0.25, 0.3) is 11.6 Å². The highest BCUT2D eigenvalue weighted by molar-refractivity contribution is 7.81. The van der Waals surface area contributed by atoms with Crippen molar-refractivity contribution < 1.29 is 32.6 Å². The highest BCUT2D eigenvalue weighted by atomic mass is 32.1. The molecule has 388 valence electrons. The number of carbonyl (C=O) groups excluding carboxylic acids is 2. The third kappa shape index (κ3) is 14.7. The third-order valence-electron chi connectivity index (χ3n) is 11.3. The Hall–Kier alpha value is -8.34. The number of hydrogen-bond donors (Lipinski definition) is 2. The predicted molar refractivity (Wildman–Crippen MR) is 293 cm³/mol. The molecule has 75 heavy (non-hydrogen) atoms. The van der Waals surface area contributed by atoms with Crippen molar-refractivity contribution in [3.63, 3.8) is 0 Å². The average molecular weight is 1050 g/mol. The molecule has 0 bridgehead atoms. The number of ether oxygens (including phenoxy) is 3. The molecule has 7 rings (SSSR count). The van der Waals surface area contributed by atoms with E-state index in [2.05, 4.69) is 64.1 Å². The zero-order valence-electron chi connectivity index (χ0n) is 43.1. The van der Waals surface area contributed by atoms with Gasteiger partial charge in [0.2, 0.25) is 11.4 Å². The van der Waals surface area contributed by atoms with Crippen molar-refractivity contribution in [1.82, 2.24) is 19.5 Å². The van der Waals surface area contributed by atoms with Crippen molar-refractivity contribution in [2.45, 2.75) is 104 Å². The molecule has 6 aromatic rings. The lowest BCUT2D eigenvalue weighted by atomic mass is 10.0. The predicted octanol–water partition coefficient (Wildman–Crippen LogP) is 13.2. The lowest BCUT2D eigenvalue weighted by molar-refractivity contribution is -0.120. The Labute approximate surface area is 446 Å². The van der Waals surface area contributed by atoms with E-state index in [0.29, 0.717) is 12.2 Å². The first-order valence-electron chi connectivity index (χ1n) is 23.5. The van der Waals surface area contributed by atoms with E-state index in [1.165, 1.54) is 53.5 Å². The lowest BCUT2D eigenvalue weighted by Gasteiger charge is -2.29. The van der Waals surface area contributed by atoms with Gasteiger partial charge in [-0.05, 0) is 132 Å². The summed E-state index contributed by atoms with van der Waals surface area (Å²) in [5.41, 5.74) is 1.98. The quantitative estimate of drug-likeness (QED) is 0.0574. The van der Waals surface area contributed by atoms with E-state index in [-0.39, 0.29) is 45.3 Å². The van der Waals surface area contributed by atoms with Gasteiger partial charge in [0.05, 0.1) is 38.2 Å². The van der Waals surface area contributed by atoms with Crippen molar-refractivity contribution in [2.24, 2.45) is 4.99 Å². The molecule has 0 aliphatic carbocycles. The average Bonchev–Trinajstić information content (AvgIpc) is 4.12. The van der Waals surface area contributed by atoms with Crippen molar-refractivity contribution >= 4 is 80.8 Å². The first-order valence-corrected chi connectivity index (χ1v) is 24.3. The van der Waals surface area contributed by atoms with Crippen LogP contribution in [0.5, 0.6) is 11.5 Å². The van der Waals surface area contributed by atoms with Gasteiger partial charge in [0, 0.05) is 62.9 Å². The van der Waals surface area contributed by atoms with Crippen LogP contribution in [0.4, 0.5) is 47.7 Å². The summed E-state index contributed by atoms with van der Waals surface area (Å²) in [6.07, 6.45) is 11.6. The number of amides is 1. The van der Waals surface area contributed by atoms with Crippen molar-refractivity contribution in [2.75, 3.05) is 29.3 Å². The summed E-state index contributed by atoms with van der Waals surface area (Å²) >= 11 is 10.0. The summed E-state index contributed by atoms with van der Waals surface area (Å²) in [5.74, 6) is -0.509. The van der Waals surface area contributed by atoms with Gasteiger partial charge in [-0.1, -0.05) is 36.4 Å². The first-order chi connectivity index (χ1) is 35.6. The largest absolute Gasteiger partial charge is 0.505 e. The molecule has 2 N–H and O–H groups in total. The maximum atomic E-state index is 15.2. The molecule has 1 amide bonds. The number of carbonyl (C=O) groups is 2. The fraction of sp³-hybridized carbons (Fsp3) is 0.327. The van der Waals surface area contributed by atoms with E-state index in [1.807, 2.05) is 82.4 Å². The smallest absolute Gasteiger partial charge is 0.419 e. The minimum absolute atomic E-state index is 0.0178. The van der Waals surface area contributed by atoms with Gasteiger partial charge >= 0.3 is 6.09 Å². The van der Waals surface area contributed by atoms with Gasteiger partial charge in [0.15, 0.2) is 28.2 Å². The van der Waals surface area contributed by atoms with Gasteiger partial charge in [-0.3, -0.25) is 14.5 Å². The summed E-state index contributed by atoms with van der Waals surface area (Å²) in [4.78, 5) is 53.6. The van der Waals surface area contributed by atoms with Crippen LogP contribution in [-0.2, 0) is 35.2 Å². The number of thiocarbonyl (C=S) groups is 2. The first kappa shape index (κ1) is 57.6. The number of nitrogens with zero attached hydrogens (tertiary/aromatic N) is 9. The molecule has 0 saturated carbocycles. The number of aromatic nitrogens is 4. The summed E-state index contributed by atoms with van der Waals surface area (Å²) in [7, 11) is 2.57. The Morgan fingerprint density at radius 2 is 1.41 bits per heavy atom. The number of halogens is 2. The van der Waals surface area contributed by atoms with Crippen LogP contribution in [0, 0.1) is 31.4 Å². The van der Waals surface area contributed by atoms with Crippen LogP contribution in [-0.4, -0.2) is 72.8 Å². The maximum Gasteiger partial charge on any atom is 0.419 e. The molecule has 0 atom stereocenters. The van der Waals surface area contributed by atoms with Crippen LogP contribution in [0.15, 0.2) is 103 Å². The number of aliphatic imine (C=N–C) groups is 1. The van der Waals surface area contributed by atoms with Crippen molar-refractivity contribution in [3.05, 3.63) is 166 Å². The molecule has 4 aromatic carbocycles. The van der Waals surface area contributed by atoms with E-state index >= 15 is 4.39 Å². The standard InChI is InChI=1S/C25H24FN5O2S.C21H28N4O2.C9H5FN2OS/c1-25(2)23(32)30(19-13-12-18(27-3)22(33-4)21(19)26)24(34)31(25)17-10-8-16(9-11-17)6-5-7-20-28-14-15-29-20;1-20(2,3)27-19(26)25-15-14-23-18(25)9-7-8-16-10-12-17(13-11-16)24-21(4,5)22-6;1-11-7-4-3-6(12-5-14)8(10)9(7)13-2/h8-15H,5-7H2,1-2,4H3,(H,28,29);10-15,24H,7-9H2,1-5H3;3-4H,2H3. The number of imidazole rings is 2. The highest BCUT2D eigenvalue weighted by Gasteiger charge is 2.51. The van der Waals surface area contributed by atoms with Gasteiger partial charge in [0.1, 0.15) is 28.5 Å². The molecule has 0 unspecified atom stereocenters. The Morgan fingerprint density at radius 1 is 0.827 bits per heavy atom. The molecule has 1 aliphatic rings. The number of aryl methyl sites for hydroxylation is 4. The number of hydrogen-bond acceptors (Lipinski definition) is 11. The number of methoxy groups -OCH3 is 2. The number of H-pyrrole nitrogens is 1. The van der Waals surface area contributed by atoms with E-state index in [4.69, 9.17) is 46.1 Å². The molecule has 3 heterocycles. The number of isothiocyanates is 1. The Balaban J connectivity index is 0.000000226. The van der Waals surface area contributed by atoms with Crippen LogP contribution >= 0.6 is 24.4 Å². The normalized spacial score (nSPS) is 12.6. The number of anilines is 3. The monoisotopic (exact) mass is 1050 g/mol. The minimum atomic E-state index is -1.03. The SMILES string of the molecule is [C-]#[N+]C(C)(C)Nc1ccc(CCCc2nccn2C(=O)OC(C)(C)C)cc1.[C-]#[N+]c1ccc(N2C(=O)C(C)(C)N(c3ccc(CCCc4ncc[nH]4)cc3)C2=S)c(F)c1OC.[C-]#[N+]c1ccc(N=C=S)c(F)c1OC. The van der Waals surface area contributed by atoms with Gasteiger partial charge in [-0.2, -0.15) is 4.99 Å². The van der Waals surface area contributed by atoms with Crippen molar-refractivity contribution in [3.8, 4) is 11.5 Å². The number of aromatic amines is 1. The second-order valence-electron chi connectivity index (χ2n) is 18.7. The fourth-order valence-corrected chi connectivity index (χ4v) is 8.29. The second-order valence-corrected chi connectivity index (χ2v) is 19.3. The summed E-state index contributed by atoms with van der Waals surface area (Å²) in [5, 5.41) is 5.41. The Bertz CT molecular complexity index is 3160. The molecular formula is C55H57F2N11O5S2. The molecule has 1 fully saturated rings. The van der Waals surface area contributed by atoms with Gasteiger partial charge in [-0.25, -0.2) is 44.4 Å². The fourth-order valence-electron chi connectivity index (χ4n) is 7.67. The Morgan fingerprint density at radius 3 is 1.96 bits per heavy atom. The molecule has 1 saturated heterocycles. The van der Waals surface area contributed by atoms with E-state index in [1.54, 1.807) is 37.3 Å². The number of benzene rings is 4. The topological polar surface area (TPSA) is 152 Å². The zero-order chi connectivity index (χ0) is 55.1. The second kappa shape index (κ2) is 25.5. The van der Waals surface area contributed by atoms with Crippen LogP contribution in [0.3, 0.4) is 0 Å². The van der Waals surface area contributed by atoms with Crippen LogP contribution in [0.25, 0.3) is 14.5 Å².